The monoisotopic (exact) mass is 332 g/mol. The van der Waals surface area contributed by atoms with Crippen molar-refractivity contribution in [2.75, 3.05) is 5.73 Å². The van der Waals surface area contributed by atoms with Crippen LogP contribution in [0.25, 0.3) is 0 Å². The van der Waals surface area contributed by atoms with E-state index in [0.29, 0.717) is 10.6 Å². The van der Waals surface area contributed by atoms with Crippen LogP contribution in [-0.4, -0.2) is 8.42 Å². The first kappa shape index (κ1) is 15.7. The van der Waals surface area contributed by atoms with E-state index in [2.05, 4.69) is 4.72 Å². The number of nitrogens with one attached hydrogen (secondary N) is 1. The molecule has 0 radical (unpaired) electrons. The van der Waals surface area contributed by atoms with E-state index in [4.69, 9.17) is 17.3 Å². The number of nitrogen functional groups attached to an aromatic ring is 1. The maximum atomic E-state index is 13.7. The van der Waals surface area contributed by atoms with Crippen molar-refractivity contribution in [1.29, 1.82) is 0 Å². The van der Waals surface area contributed by atoms with Crippen molar-refractivity contribution < 1.29 is 17.2 Å². The summed E-state index contributed by atoms with van der Waals surface area (Å²) >= 11 is 5.78. The van der Waals surface area contributed by atoms with Crippen molar-refractivity contribution in [3.8, 4) is 0 Å². The lowest BCUT2D eigenvalue weighted by molar-refractivity contribution is 0.548. The first-order valence-corrected chi connectivity index (χ1v) is 7.65. The second kappa shape index (κ2) is 5.97. The molecule has 4 nitrogen and oxygen atoms in total. The molecule has 0 aliphatic heterocycles. The van der Waals surface area contributed by atoms with Gasteiger partial charge < -0.3 is 5.73 Å². The molecule has 0 aromatic heterocycles. The minimum atomic E-state index is -4.16. The molecule has 0 bridgehead atoms. The van der Waals surface area contributed by atoms with Crippen LogP contribution in [-0.2, 0) is 16.6 Å². The summed E-state index contributed by atoms with van der Waals surface area (Å²) in [5.41, 5.74) is 4.91. The molecular weight excluding hydrogens is 322 g/mol. The van der Waals surface area contributed by atoms with Gasteiger partial charge in [-0.3, -0.25) is 0 Å². The molecule has 0 spiro atoms. The van der Waals surface area contributed by atoms with Gasteiger partial charge in [-0.05, 0) is 29.8 Å². The molecule has 0 aliphatic carbocycles. The molecule has 2 aromatic rings. The Morgan fingerprint density at radius 2 is 1.90 bits per heavy atom. The quantitative estimate of drug-likeness (QED) is 0.845. The second-order valence-corrected chi connectivity index (χ2v) is 6.40. The van der Waals surface area contributed by atoms with Crippen LogP contribution >= 0.6 is 11.6 Å². The van der Waals surface area contributed by atoms with E-state index < -0.39 is 32.2 Å². The lowest BCUT2D eigenvalue weighted by Crippen LogP contribution is -2.24. The fraction of sp³-hybridized carbons (Fsp3) is 0.0769. The number of rotatable bonds is 4. The topological polar surface area (TPSA) is 72.2 Å². The standard InChI is InChI=1S/C13H11ClF2N2O2S/c14-9-3-1-2-8(6-9)7-18-21(19,20)11-5-4-10(15)13(17)12(11)16/h1-6,18H,7,17H2. The van der Waals surface area contributed by atoms with Crippen LogP contribution in [0.1, 0.15) is 5.56 Å². The summed E-state index contributed by atoms with van der Waals surface area (Å²) in [5.74, 6) is -2.32. The fourth-order valence-corrected chi connectivity index (χ4v) is 2.98. The minimum Gasteiger partial charge on any atom is -0.394 e. The molecule has 112 valence electrons. The molecule has 0 saturated carbocycles. The number of hydrogen-bond donors (Lipinski definition) is 2. The van der Waals surface area contributed by atoms with Gasteiger partial charge in [0, 0.05) is 11.6 Å². The molecule has 0 fully saturated rings. The lowest BCUT2D eigenvalue weighted by atomic mass is 10.2. The Morgan fingerprint density at radius 3 is 2.57 bits per heavy atom. The Labute approximate surface area is 125 Å². The highest BCUT2D eigenvalue weighted by atomic mass is 35.5. The highest BCUT2D eigenvalue weighted by molar-refractivity contribution is 7.89. The molecule has 3 N–H and O–H groups in total. The molecule has 0 amide bonds. The minimum absolute atomic E-state index is 0.0837. The van der Waals surface area contributed by atoms with Gasteiger partial charge in [0.25, 0.3) is 0 Å². The normalized spacial score (nSPS) is 11.6. The molecule has 21 heavy (non-hydrogen) atoms. The van der Waals surface area contributed by atoms with Crippen LogP contribution in [0.5, 0.6) is 0 Å². The van der Waals surface area contributed by atoms with Crippen molar-refractivity contribution in [3.63, 3.8) is 0 Å². The number of nitrogens with two attached hydrogens (primary N) is 1. The van der Waals surface area contributed by atoms with Crippen LogP contribution in [0.2, 0.25) is 5.02 Å². The van der Waals surface area contributed by atoms with Gasteiger partial charge in [-0.2, -0.15) is 0 Å². The maximum absolute atomic E-state index is 13.7. The van der Waals surface area contributed by atoms with E-state index in [9.17, 15) is 17.2 Å². The summed E-state index contributed by atoms with van der Waals surface area (Å²) in [4.78, 5) is -0.705. The molecule has 0 aliphatic rings. The molecule has 2 aromatic carbocycles. The van der Waals surface area contributed by atoms with Crippen LogP contribution in [0.4, 0.5) is 14.5 Å². The highest BCUT2D eigenvalue weighted by Crippen LogP contribution is 2.22. The van der Waals surface area contributed by atoms with Gasteiger partial charge >= 0.3 is 0 Å². The van der Waals surface area contributed by atoms with E-state index in [1.165, 1.54) is 0 Å². The Kier molecular flexibility index (Phi) is 4.46. The predicted octanol–water partition coefficient (Wildman–Crippen LogP) is 2.68. The largest absolute Gasteiger partial charge is 0.394 e. The van der Waals surface area contributed by atoms with Crippen molar-refractivity contribution in [1.82, 2.24) is 4.72 Å². The number of hydrogen-bond acceptors (Lipinski definition) is 3. The first-order valence-electron chi connectivity index (χ1n) is 5.79. The Bertz CT molecular complexity index is 782. The van der Waals surface area contributed by atoms with Crippen molar-refractivity contribution >= 4 is 27.3 Å². The Morgan fingerprint density at radius 1 is 1.19 bits per heavy atom. The van der Waals surface area contributed by atoms with Gasteiger partial charge in [0.15, 0.2) is 5.82 Å². The SMILES string of the molecule is Nc1c(F)ccc(S(=O)(=O)NCc2cccc(Cl)c2)c1F. The second-order valence-electron chi connectivity index (χ2n) is 4.23. The van der Waals surface area contributed by atoms with E-state index >= 15 is 0 Å². The maximum Gasteiger partial charge on any atom is 0.243 e. The molecule has 0 unspecified atom stereocenters. The van der Waals surface area contributed by atoms with Crippen molar-refractivity contribution in [3.05, 3.63) is 58.6 Å². The summed E-state index contributed by atoms with van der Waals surface area (Å²) < 4.78 is 53.0. The van der Waals surface area contributed by atoms with Crippen LogP contribution in [0.15, 0.2) is 41.3 Å². The van der Waals surface area contributed by atoms with Crippen LogP contribution < -0.4 is 10.5 Å². The third-order valence-corrected chi connectivity index (χ3v) is 4.39. The van der Waals surface area contributed by atoms with Crippen molar-refractivity contribution in [2.45, 2.75) is 11.4 Å². The summed E-state index contributed by atoms with van der Waals surface area (Å²) in [6.07, 6.45) is 0. The highest BCUT2D eigenvalue weighted by Gasteiger charge is 2.22. The third kappa shape index (κ3) is 3.49. The van der Waals surface area contributed by atoms with Crippen LogP contribution in [0.3, 0.4) is 0 Å². The average Bonchev–Trinajstić information content (AvgIpc) is 2.43. The summed E-state index contributed by atoms with van der Waals surface area (Å²) in [5, 5.41) is 0.448. The van der Waals surface area contributed by atoms with Gasteiger partial charge in [-0.1, -0.05) is 23.7 Å². The fourth-order valence-electron chi connectivity index (χ4n) is 1.66. The van der Waals surface area contributed by atoms with Crippen LogP contribution in [0, 0.1) is 11.6 Å². The zero-order valence-corrected chi connectivity index (χ0v) is 12.2. The molecule has 8 heteroatoms. The lowest BCUT2D eigenvalue weighted by Gasteiger charge is -2.09. The summed E-state index contributed by atoms with van der Waals surface area (Å²) in [6, 6.07) is 8.14. The number of halogens is 3. The molecule has 0 heterocycles. The summed E-state index contributed by atoms with van der Waals surface area (Å²) in [7, 11) is -4.16. The number of anilines is 1. The van der Waals surface area contributed by atoms with E-state index in [0.717, 1.165) is 12.1 Å². The van der Waals surface area contributed by atoms with Gasteiger partial charge in [0.1, 0.15) is 16.4 Å². The zero-order valence-electron chi connectivity index (χ0n) is 10.6. The van der Waals surface area contributed by atoms with Gasteiger partial charge in [0.2, 0.25) is 10.0 Å². The van der Waals surface area contributed by atoms with E-state index in [-0.39, 0.29) is 6.54 Å². The molecule has 2 rings (SSSR count). The number of benzene rings is 2. The number of sulfonamides is 1. The summed E-state index contributed by atoms with van der Waals surface area (Å²) in [6.45, 7) is -0.0837. The van der Waals surface area contributed by atoms with E-state index in [1.54, 1.807) is 24.3 Å². The predicted molar refractivity (Wildman–Crippen MR) is 76.2 cm³/mol. The Balaban J connectivity index is 2.25. The molecular formula is C13H11ClF2N2O2S. The zero-order chi connectivity index (χ0) is 15.6. The van der Waals surface area contributed by atoms with E-state index in [1.807, 2.05) is 0 Å². The molecule has 0 atom stereocenters. The van der Waals surface area contributed by atoms with Gasteiger partial charge in [-0.15, -0.1) is 0 Å². The molecule has 0 saturated heterocycles. The third-order valence-electron chi connectivity index (χ3n) is 2.74. The Hall–Kier alpha value is -1.70. The van der Waals surface area contributed by atoms with Gasteiger partial charge in [-0.25, -0.2) is 21.9 Å². The van der Waals surface area contributed by atoms with Crippen molar-refractivity contribution in [2.24, 2.45) is 0 Å². The average molecular weight is 333 g/mol. The smallest absolute Gasteiger partial charge is 0.243 e. The van der Waals surface area contributed by atoms with Gasteiger partial charge in [0.05, 0.1) is 0 Å². The first-order chi connectivity index (χ1) is 9.81.